The lowest BCUT2D eigenvalue weighted by Crippen LogP contribution is -2.28. The minimum Gasteiger partial charge on any atom is -0.469 e. The van der Waals surface area contributed by atoms with Gasteiger partial charge in [-0.2, -0.15) is 0 Å². The number of Topliss-reactive ketones (excluding diaryl/α,β-unsaturated/α-hetero) is 1. The highest BCUT2D eigenvalue weighted by molar-refractivity contribution is 5.98. The van der Waals surface area contributed by atoms with E-state index in [1.807, 2.05) is 18.2 Å². The van der Waals surface area contributed by atoms with Crippen molar-refractivity contribution in [1.29, 1.82) is 0 Å². The van der Waals surface area contributed by atoms with Crippen LogP contribution >= 0.6 is 0 Å². The number of rotatable bonds is 3. The first kappa shape index (κ1) is 13.2. The minimum absolute atomic E-state index is 0.0601. The van der Waals surface area contributed by atoms with Crippen LogP contribution in [0.5, 0.6) is 0 Å². The van der Waals surface area contributed by atoms with Gasteiger partial charge in [-0.25, -0.2) is 0 Å². The zero-order chi connectivity index (χ0) is 14.3. The summed E-state index contributed by atoms with van der Waals surface area (Å²) in [5.74, 6) is 1.27. The van der Waals surface area contributed by atoms with Crippen LogP contribution in [-0.4, -0.2) is 10.4 Å². The molecular formula is C17H21NO2. The zero-order valence-electron chi connectivity index (χ0n) is 12.3. The number of hydrogen-bond acceptors (Lipinski definition) is 2. The van der Waals surface area contributed by atoms with E-state index < -0.39 is 0 Å². The summed E-state index contributed by atoms with van der Waals surface area (Å²) >= 11 is 0. The molecule has 1 aliphatic carbocycles. The lowest BCUT2D eigenvalue weighted by molar-refractivity contribution is 0.0909. The van der Waals surface area contributed by atoms with Gasteiger partial charge in [0.25, 0.3) is 0 Å². The molecule has 2 heterocycles. The predicted octanol–water partition coefficient (Wildman–Crippen LogP) is 4.04. The lowest BCUT2D eigenvalue weighted by Gasteiger charge is -2.31. The van der Waals surface area contributed by atoms with Gasteiger partial charge in [0.15, 0.2) is 5.78 Å². The van der Waals surface area contributed by atoms with Crippen molar-refractivity contribution in [3.05, 3.63) is 47.7 Å². The Morgan fingerprint density at radius 3 is 2.85 bits per heavy atom. The summed E-state index contributed by atoms with van der Waals surface area (Å²) in [4.78, 5) is 12.2. The van der Waals surface area contributed by atoms with Crippen LogP contribution in [0.15, 0.2) is 35.1 Å². The van der Waals surface area contributed by atoms with Gasteiger partial charge >= 0.3 is 0 Å². The van der Waals surface area contributed by atoms with Gasteiger partial charge in [0.2, 0.25) is 0 Å². The molecule has 1 atom stereocenters. The van der Waals surface area contributed by atoms with Gasteiger partial charge in [-0.3, -0.25) is 4.79 Å². The normalized spacial score (nSPS) is 18.9. The molecule has 20 heavy (non-hydrogen) atoms. The summed E-state index contributed by atoms with van der Waals surface area (Å²) in [5.41, 5.74) is 2.16. The standard InChI is InChI=1S/C17H21NO2/c1-12(9-13-5-4-8-20-13)18-7-6-14-15(18)10-17(2,3)11-16(14)19/h4-8,12H,9-11H2,1-3H3. The largest absolute Gasteiger partial charge is 0.469 e. The van der Waals surface area contributed by atoms with Gasteiger partial charge in [-0.1, -0.05) is 13.8 Å². The first-order chi connectivity index (χ1) is 9.46. The third kappa shape index (κ3) is 2.33. The smallest absolute Gasteiger partial charge is 0.165 e. The van der Waals surface area contributed by atoms with Crippen molar-refractivity contribution in [3.8, 4) is 0 Å². The maximum absolute atomic E-state index is 12.2. The number of fused-ring (bicyclic) bond motifs is 1. The van der Waals surface area contributed by atoms with Crippen LogP contribution in [0.1, 0.15) is 55.0 Å². The van der Waals surface area contributed by atoms with E-state index in [1.165, 1.54) is 5.69 Å². The molecule has 0 fully saturated rings. The molecule has 106 valence electrons. The van der Waals surface area contributed by atoms with Gasteiger partial charge in [0, 0.05) is 36.3 Å². The minimum atomic E-state index is 0.0601. The summed E-state index contributed by atoms with van der Waals surface area (Å²) in [5, 5.41) is 0. The van der Waals surface area contributed by atoms with E-state index in [9.17, 15) is 4.79 Å². The molecule has 3 nitrogen and oxygen atoms in total. The van der Waals surface area contributed by atoms with Crippen molar-refractivity contribution in [1.82, 2.24) is 4.57 Å². The fourth-order valence-electron chi connectivity index (χ4n) is 3.20. The SMILES string of the molecule is CC(Cc1ccco1)n1ccc2c1CC(C)(C)CC2=O. The van der Waals surface area contributed by atoms with E-state index in [4.69, 9.17) is 4.42 Å². The van der Waals surface area contributed by atoms with E-state index in [1.54, 1.807) is 6.26 Å². The number of nitrogens with zero attached hydrogens (tertiary/aromatic N) is 1. The molecule has 0 radical (unpaired) electrons. The molecular weight excluding hydrogens is 250 g/mol. The third-order valence-corrected chi connectivity index (χ3v) is 4.16. The van der Waals surface area contributed by atoms with Crippen molar-refractivity contribution >= 4 is 5.78 Å². The second-order valence-electron chi connectivity index (χ2n) is 6.66. The highest BCUT2D eigenvalue weighted by atomic mass is 16.3. The van der Waals surface area contributed by atoms with Crippen molar-refractivity contribution in [2.24, 2.45) is 5.41 Å². The molecule has 0 spiro atoms. The Hall–Kier alpha value is -1.77. The second-order valence-corrected chi connectivity index (χ2v) is 6.66. The van der Waals surface area contributed by atoms with Crippen LogP contribution in [0, 0.1) is 5.41 Å². The molecule has 0 amide bonds. The van der Waals surface area contributed by atoms with E-state index in [0.29, 0.717) is 12.5 Å². The Labute approximate surface area is 119 Å². The molecule has 0 N–H and O–H groups in total. The van der Waals surface area contributed by atoms with Gasteiger partial charge in [0.05, 0.1) is 6.26 Å². The van der Waals surface area contributed by atoms with Crippen molar-refractivity contribution in [2.45, 2.75) is 46.1 Å². The van der Waals surface area contributed by atoms with Crippen molar-refractivity contribution < 1.29 is 9.21 Å². The molecule has 1 unspecified atom stereocenters. The Kier molecular flexibility index (Phi) is 3.08. The molecule has 0 saturated carbocycles. The highest BCUT2D eigenvalue weighted by Gasteiger charge is 2.33. The Bertz CT molecular complexity index is 619. The molecule has 0 aromatic carbocycles. The van der Waals surface area contributed by atoms with Crippen LogP contribution in [-0.2, 0) is 12.8 Å². The number of hydrogen-bond donors (Lipinski definition) is 0. The van der Waals surface area contributed by atoms with Crippen LogP contribution in [0.3, 0.4) is 0 Å². The average Bonchev–Trinajstić information content (AvgIpc) is 2.96. The van der Waals surface area contributed by atoms with E-state index in [-0.39, 0.29) is 11.2 Å². The predicted molar refractivity (Wildman–Crippen MR) is 78.0 cm³/mol. The molecule has 0 aliphatic heterocycles. The molecule has 0 bridgehead atoms. The Morgan fingerprint density at radius 1 is 1.35 bits per heavy atom. The van der Waals surface area contributed by atoms with E-state index >= 15 is 0 Å². The maximum atomic E-state index is 12.2. The molecule has 1 aliphatic rings. The van der Waals surface area contributed by atoms with Gasteiger partial charge in [0.1, 0.15) is 5.76 Å². The second kappa shape index (κ2) is 4.65. The van der Waals surface area contributed by atoms with Gasteiger partial charge in [-0.15, -0.1) is 0 Å². The molecule has 0 saturated heterocycles. The number of carbonyl (C=O) groups excluding carboxylic acids is 1. The zero-order valence-corrected chi connectivity index (χ0v) is 12.3. The first-order valence-electron chi connectivity index (χ1n) is 7.21. The summed E-state index contributed by atoms with van der Waals surface area (Å²) in [6.07, 6.45) is 6.22. The molecule has 2 aromatic heterocycles. The first-order valence-corrected chi connectivity index (χ1v) is 7.21. The topological polar surface area (TPSA) is 35.1 Å². The summed E-state index contributed by atoms with van der Waals surface area (Å²) < 4.78 is 7.67. The Balaban J connectivity index is 1.90. The molecule has 3 heteroatoms. The summed E-state index contributed by atoms with van der Waals surface area (Å²) in [6.45, 7) is 6.51. The van der Waals surface area contributed by atoms with Crippen LogP contribution in [0.25, 0.3) is 0 Å². The fraction of sp³-hybridized carbons (Fsp3) is 0.471. The molecule has 2 aromatic rings. The fourth-order valence-corrected chi connectivity index (χ4v) is 3.20. The monoisotopic (exact) mass is 271 g/mol. The number of furan rings is 1. The van der Waals surface area contributed by atoms with Crippen LogP contribution in [0.2, 0.25) is 0 Å². The number of carbonyl (C=O) groups is 1. The van der Waals surface area contributed by atoms with Crippen LogP contribution in [0.4, 0.5) is 0 Å². The average molecular weight is 271 g/mol. The highest BCUT2D eigenvalue weighted by Crippen LogP contribution is 2.36. The van der Waals surface area contributed by atoms with Crippen LogP contribution < -0.4 is 0 Å². The lowest BCUT2D eigenvalue weighted by atomic mass is 9.76. The van der Waals surface area contributed by atoms with E-state index in [0.717, 1.165) is 24.2 Å². The van der Waals surface area contributed by atoms with Crippen molar-refractivity contribution in [2.75, 3.05) is 0 Å². The third-order valence-electron chi connectivity index (χ3n) is 4.16. The summed E-state index contributed by atoms with van der Waals surface area (Å²) in [7, 11) is 0. The number of aromatic nitrogens is 1. The molecule has 3 rings (SSSR count). The quantitative estimate of drug-likeness (QED) is 0.844. The number of ketones is 1. The summed E-state index contributed by atoms with van der Waals surface area (Å²) in [6, 6.07) is 6.19. The Morgan fingerprint density at radius 2 is 2.15 bits per heavy atom. The van der Waals surface area contributed by atoms with E-state index in [2.05, 4.69) is 31.5 Å². The maximum Gasteiger partial charge on any atom is 0.165 e. The van der Waals surface area contributed by atoms with Gasteiger partial charge < -0.3 is 8.98 Å². The van der Waals surface area contributed by atoms with Gasteiger partial charge in [-0.05, 0) is 37.0 Å². The van der Waals surface area contributed by atoms with Crippen molar-refractivity contribution in [3.63, 3.8) is 0 Å².